The summed E-state index contributed by atoms with van der Waals surface area (Å²) >= 11 is 0. The molecule has 1 aliphatic carbocycles. The number of nitrogens with one attached hydrogen (secondary N) is 1. The predicted molar refractivity (Wildman–Crippen MR) is 91.3 cm³/mol. The molecule has 3 N–H and O–H groups in total. The van der Waals surface area contributed by atoms with Crippen molar-refractivity contribution in [2.75, 3.05) is 6.54 Å². The van der Waals surface area contributed by atoms with E-state index in [-0.39, 0.29) is 24.4 Å². The van der Waals surface area contributed by atoms with E-state index in [4.69, 9.17) is 5.73 Å². The Balaban J connectivity index is 0.00000176. The van der Waals surface area contributed by atoms with Gasteiger partial charge in [-0.25, -0.2) is 4.98 Å². The van der Waals surface area contributed by atoms with Crippen molar-refractivity contribution in [2.45, 2.75) is 31.7 Å². The number of benzene rings is 1. The Morgan fingerprint density at radius 2 is 1.95 bits per heavy atom. The molecule has 1 atom stereocenters. The molecule has 2 aromatic rings. The highest BCUT2D eigenvalue weighted by Crippen LogP contribution is 2.27. The molecule has 1 fully saturated rings. The van der Waals surface area contributed by atoms with Gasteiger partial charge in [-0.1, -0.05) is 37.1 Å². The Kier molecular flexibility index (Phi) is 5.75. The van der Waals surface area contributed by atoms with Gasteiger partial charge >= 0.3 is 0 Å². The maximum Gasteiger partial charge on any atom is 0.270 e. The van der Waals surface area contributed by atoms with Gasteiger partial charge in [-0.3, -0.25) is 4.79 Å². The Morgan fingerprint density at radius 3 is 2.68 bits per heavy atom. The molecular weight excluding hydrogens is 298 g/mol. The van der Waals surface area contributed by atoms with Crippen LogP contribution in [0.1, 0.15) is 36.2 Å². The quantitative estimate of drug-likeness (QED) is 0.910. The summed E-state index contributed by atoms with van der Waals surface area (Å²) in [6.07, 6.45) is 4.80. The van der Waals surface area contributed by atoms with Crippen LogP contribution in [0.3, 0.4) is 0 Å². The molecule has 1 aliphatic rings. The first-order valence-corrected chi connectivity index (χ1v) is 7.64. The highest BCUT2D eigenvalue weighted by Gasteiger charge is 2.25. The number of nitrogens with zero attached hydrogens (tertiary/aromatic N) is 1. The van der Waals surface area contributed by atoms with Gasteiger partial charge in [0, 0.05) is 18.0 Å². The van der Waals surface area contributed by atoms with Crippen LogP contribution >= 0.6 is 12.4 Å². The second-order valence-electron chi connectivity index (χ2n) is 5.75. The van der Waals surface area contributed by atoms with E-state index in [1.54, 1.807) is 6.07 Å². The minimum absolute atomic E-state index is 0. The fourth-order valence-electron chi connectivity index (χ4n) is 3.16. The van der Waals surface area contributed by atoms with Crippen molar-refractivity contribution in [3.05, 3.63) is 42.1 Å². The number of halogens is 1. The molecule has 4 nitrogen and oxygen atoms in total. The van der Waals surface area contributed by atoms with Gasteiger partial charge in [-0.15, -0.1) is 12.4 Å². The second kappa shape index (κ2) is 7.56. The van der Waals surface area contributed by atoms with Gasteiger partial charge in [0.15, 0.2) is 0 Å². The molecule has 22 heavy (non-hydrogen) atoms. The highest BCUT2D eigenvalue weighted by atomic mass is 35.5. The number of amides is 1. The van der Waals surface area contributed by atoms with Crippen molar-refractivity contribution in [1.29, 1.82) is 0 Å². The van der Waals surface area contributed by atoms with Gasteiger partial charge in [-0.05, 0) is 30.9 Å². The summed E-state index contributed by atoms with van der Waals surface area (Å²) < 4.78 is 0. The SMILES string of the molecule is Cl.NCC(NC(=O)c1ccc2ccccc2n1)C1CCCC1. The largest absolute Gasteiger partial charge is 0.346 e. The van der Waals surface area contributed by atoms with Crippen LogP contribution in [0.2, 0.25) is 0 Å². The lowest BCUT2D eigenvalue weighted by molar-refractivity contribution is 0.0919. The molecule has 3 rings (SSSR count). The summed E-state index contributed by atoms with van der Waals surface area (Å²) in [6, 6.07) is 11.6. The number of rotatable bonds is 4. The van der Waals surface area contributed by atoms with Crippen LogP contribution in [-0.4, -0.2) is 23.5 Å². The Hall–Kier alpha value is -1.65. The fraction of sp³-hybridized carbons (Fsp3) is 0.412. The Labute approximate surface area is 136 Å². The lowest BCUT2D eigenvalue weighted by Gasteiger charge is -2.22. The summed E-state index contributed by atoms with van der Waals surface area (Å²) in [5.41, 5.74) is 7.14. The van der Waals surface area contributed by atoms with E-state index in [1.165, 1.54) is 12.8 Å². The zero-order valence-corrected chi connectivity index (χ0v) is 13.3. The van der Waals surface area contributed by atoms with Crippen molar-refractivity contribution in [2.24, 2.45) is 11.7 Å². The molecule has 0 aliphatic heterocycles. The molecule has 0 radical (unpaired) electrons. The lowest BCUT2D eigenvalue weighted by atomic mass is 9.98. The van der Waals surface area contributed by atoms with E-state index in [0.29, 0.717) is 18.2 Å². The normalized spacial score (nSPS) is 16.2. The summed E-state index contributed by atoms with van der Waals surface area (Å²) in [5.74, 6) is 0.391. The minimum Gasteiger partial charge on any atom is -0.346 e. The molecule has 1 unspecified atom stereocenters. The fourth-order valence-corrected chi connectivity index (χ4v) is 3.16. The van der Waals surface area contributed by atoms with Crippen LogP contribution in [0.15, 0.2) is 36.4 Å². The van der Waals surface area contributed by atoms with Gasteiger partial charge in [-0.2, -0.15) is 0 Å². The number of hydrogen-bond acceptors (Lipinski definition) is 3. The molecule has 118 valence electrons. The molecule has 1 aromatic heterocycles. The molecule has 0 bridgehead atoms. The number of para-hydroxylation sites is 1. The Morgan fingerprint density at radius 1 is 1.23 bits per heavy atom. The van der Waals surface area contributed by atoms with Crippen LogP contribution in [0.5, 0.6) is 0 Å². The molecular formula is C17H22ClN3O. The van der Waals surface area contributed by atoms with E-state index in [9.17, 15) is 4.79 Å². The maximum absolute atomic E-state index is 12.4. The average Bonchev–Trinajstić information content (AvgIpc) is 3.06. The molecule has 0 spiro atoms. The molecule has 1 aromatic carbocycles. The maximum atomic E-state index is 12.4. The third-order valence-corrected chi connectivity index (χ3v) is 4.37. The number of carbonyl (C=O) groups is 1. The van der Waals surface area contributed by atoms with Gasteiger partial charge in [0.05, 0.1) is 5.52 Å². The molecule has 1 amide bonds. The zero-order valence-electron chi connectivity index (χ0n) is 12.5. The standard InChI is InChI=1S/C17H21N3O.ClH/c18-11-16(12-5-1-2-6-12)20-17(21)15-10-9-13-7-3-4-8-14(13)19-15;/h3-4,7-10,12,16H,1-2,5-6,11,18H2,(H,20,21);1H. The van der Waals surface area contributed by atoms with E-state index in [1.807, 2.05) is 30.3 Å². The number of pyridine rings is 1. The van der Waals surface area contributed by atoms with E-state index >= 15 is 0 Å². The van der Waals surface area contributed by atoms with Crippen LogP contribution < -0.4 is 11.1 Å². The van der Waals surface area contributed by atoms with Crippen molar-refractivity contribution in [1.82, 2.24) is 10.3 Å². The molecule has 1 heterocycles. The third-order valence-electron chi connectivity index (χ3n) is 4.37. The van der Waals surface area contributed by atoms with Gasteiger partial charge in [0.2, 0.25) is 0 Å². The second-order valence-corrected chi connectivity index (χ2v) is 5.75. The van der Waals surface area contributed by atoms with Crippen molar-refractivity contribution in [3.63, 3.8) is 0 Å². The highest BCUT2D eigenvalue weighted by molar-refractivity contribution is 5.95. The van der Waals surface area contributed by atoms with Gasteiger partial charge < -0.3 is 11.1 Å². The van der Waals surface area contributed by atoms with Crippen LogP contribution in [0.4, 0.5) is 0 Å². The summed E-state index contributed by atoms with van der Waals surface area (Å²) in [5, 5.41) is 4.11. The van der Waals surface area contributed by atoms with Crippen LogP contribution in [0.25, 0.3) is 10.9 Å². The third kappa shape index (κ3) is 3.57. The monoisotopic (exact) mass is 319 g/mol. The summed E-state index contributed by atoms with van der Waals surface area (Å²) in [6.45, 7) is 0.490. The van der Waals surface area contributed by atoms with Gasteiger partial charge in [0.1, 0.15) is 5.69 Å². The smallest absolute Gasteiger partial charge is 0.270 e. The Bertz CT molecular complexity index is 641. The molecule has 5 heteroatoms. The number of aromatic nitrogens is 1. The van der Waals surface area contributed by atoms with Crippen molar-refractivity contribution in [3.8, 4) is 0 Å². The lowest BCUT2D eigenvalue weighted by Crippen LogP contribution is -2.44. The zero-order chi connectivity index (χ0) is 14.7. The summed E-state index contributed by atoms with van der Waals surface area (Å²) in [7, 11) is 0. The topological polar surface area (TPSA) is 68.0 Å². The first-order chi connectivity index (χ1) is 10.3. The number of fused-ring (bicyclic) bond motifs is 1. The van der Waals surface area contributed by atoms with Crippen LogP contribution in [0, 0.1) is 5.92 Å². The molecule has 0 saturated heterocycles. The predicted octanol–water partition coefficient (Wildman–Crippen LogP) is 2.90. The minimum atomic E-state index is -0.122. The van der Waals surface area contributed by atoms with Crippen molar-refractivity contribution < 1.29 is 4.79 Å². The van der Waals surface area contributed by atoms with E-state index < -0.39 is 0 Å². The number of nitrogens with two attached hydrogens (primary N) is 1. The first kappa shape index (κ1) is 16.7. The van der Waals surface area contributed by atoms with E-state index in [2.05, 4.69) is 10.3 Å². The average molecular weight is 320 g/mol. The summed E-state index contributed by atoms with van der Waals surface area (Å²) in [4.78, 5) is 16.8. The molecule has 1 saturated carbocycles. The van der Waals surface area contributed by atoms with Gasteiger partial charge in [0.25, 0.3) is 5.91 Å². The van der Waals surface area contributed by atoms with Crippen molar-refractivity contribution >= 4 is 29.2 Å². The number of carbonyl (C=O) groups excluding carboxylic acids is 1. The number of hydrogen-bond donors (Lipinski definition) is 2. The first-order valence-electron chi connectivity index (χ1n) is 7.64. The van der Waals surface area contributed by atoms with E-state index in [0.717, 1.165) is 23.7 Å². The van der Waals surface area contributed by atoms with Crippen LogP contribution in [-0.2, 0) is 0 Å².